The lowest BCUT2D eigenvalue weighted by molar-refractivity contribution is -0.304. The number of nitrogens with two attached hydrogens (primary N) is 1. The lowest BCUT2D eigenvalue weighted by atomic mass is 10.5. The first kappa shape index (κ1) is 8.38. The molecule has 1 unspecified atom stereocenters. The number of carboxylic acids is 1. The average Bonchev–Trinajstić information content (AvgIpc) is 1.62. The highest BCUT2D eigenvalue weighted by molar-refractivity contribution is 7.90. The third-order valence-electron chi connectivity index (χ3n) is 0.825. The number of hydrogen-bond donors (Lipinski definition) is 1. The molecule has 0 aromatic carbocycles. The van der Waals surface area contributed by atoms with Gasteiger partial charge in [-0.1, -0.05) is 0 Å². The number of carbonyl (C=O) groups is 1. The molecule has 0 saturated carbocycles. The van der Waals surface area contributed by atoms with Crippen LogP contribution in [0.2, 0.25) is 0 Å². The van der Waals surface area contributed by atoms with E-state index in [0.29, 0.717) is 0 Å². The van der Waals surface area contributed by atoms with Gasteiger partial charge in [-0.15, -0.1) is 0 Å². The van der Waals surface area contributed by atoms with Crippen LogP contribution in [-0.2, 0) is 14.8 Å². The molecule has 0 fully saturated rings. The lowest BCUT2D eigenvalue weighted by Gasteiger charge is -2.07. The Bertz CT molecular complexity index is 206. The second-order valence-corrected chi connectivity index (χ2v) is 3.44. The number of carbonyl (C=O) groups excluding carboxylic acids is 1. The molecule has 0 aromatic heterocycles. The summed E-state index contributed by atoms with van der Waals surface area (Å²) in [4.78, 5) is 9.78. The van der Waals surface area contributed by atoms with Crippen molar-refractivity contribution < 1.29 is 18.3 Å². The maximum absolute atomic E-state index is 10.1. The van der Waals surface area contributed by atoms with Crippen molar-refractivity contribution in [1.82, 2.24) is 0 Å². The molecular formula is C3H6NO4S-. The van der Waals surface area contributed by atoms with E-state index in [-0.39, 0.29) is 0 Å². The SMILES string of the molecule is CC(C(=O)[O-])S(N)(=O)=O. The lowest BCUT2D eigenvalue weighted by Crippen LogP contribution is -2.42. The maximum atomic E-state index is 10.1. The van der Waals surface area contributed by atoms with Gasteiger partial charge in [0.25, 0.3) is 0 Å². The maximum Gasteiger partial charge on any atom is 0.217 e. The zero-order valence-electron chi connectivity index (χ0n) is 4.70. The summed E-state index contributed by atoms with van der Waals surface area (Å²) in [5.41, 5.74) is 0. The van der Waals surface area contributed by atoms with E-state index in [9.17, 15) is 18.3 Å². The molecule has 0 amide bonds. The molecule has 0 bridgehead atoms. The van der Waals surface area contributed by atoms with Crippen molar-refractivity contribution >= 4 is 16.0 Å². The Morgan fingerprint density at radius 1 is 1.67 bits per heavy atom. The summed E-state index contributed by atoms with van der Waals surface area (Å²) in [7, 11) is -3.96. The van der Waals surface area contributed by atoms with Crippen LogP contribution in [0.15, 0.2) is 0 Å². The number of carboxylic acid groups (broad SMARTS) is 1. The Morgan fingerprint density at radius 2 is 2.00 bits per heavy atom. The van der Waals surface area contributed by atoms with Gasteiger partial charge < -0.3 is 9.90 Å². The van der Waals surface area contributed by atoms with Crippen LogP contribution in [0.25, 0.3) is 0 Å². The highest BCUT2D eigenvalue weighted by Crippen LogP contribution is 1.90. The van der Waals surface area contributed by atoms with Crippen LogP contribution in [0.5, 0.6) is 0 Å². The Morgan fingerprint density at radius 3 is 2.00 bits per heavy atom. The minimum Gasteiger partial charge on any atom is -0.549 e. The Labute approximate surface area is 52.5 Å². The van der Waals surface area contributed by atoms with Gasteiger partial charge in [0.15, 0.2) is 0 Å². The van der Waals surface area contributed by atoms with Gasteiger partial charge in [0.1, 0.15) is 5.25 Å². The Hall–Kier alpha value is -0.620. The highest BCUT2D eigenvalue weighted by atomic mass is 32.2. The zero-order valence-corrected chi connectivity index (χ0v) is 5.51. The van der Waals surface area contributed by atoms with E-state index >= 15 is 0 Å². The van der Waals surface area contributed by atoms with E-state index < -0.39 is 21.2 Å². The fourth-order valence-corrected chi connectivity index (χ4v) is 0.402. The average molecular weight is 152 g/mol. The summed E-state index contributed by atoms with van der Waals surface area (Å²) < 4.78 is 20.3. The Balaban J connectivity index is 4.43. The second kappa shape index (κ2) is 2.32. The van der Waals surface area contributed by atoms with E-state index in [2.05, 4.69) is 5.14 Å². The van der Waals surface area contributed by atoms with Gasteiger partial charge >= 0.3 is 0 Å². The van der Waals surface area contributed by atoms with Crippen molar-refractivity contribution in [3.8, 4) is 0 Å². The fraction of sp³-hybridized carbons (Fsp3) is 0.667. The molecule has 0 aliphatic heterocycles. The van der Waals surface area contributed by atoms with Crippen LogP contribution in [0.4, 0.5) is 0 Å². The fourth-order valence-electron chi connectivity index (χ4n) is 0.134. The molecule has 5 nitrogen and oxygen atoms in total. The van der Waals surface area contributed by atoms with Gasteiger partial charge in [-0.2, -0.15) is 0 Å². The molecule has 0 rings (SSSR count). The van der Waals surface area contributed by atoms with E-state index in [1.54, 1.807) is 0 Å². The van der Waals surface area contributed by atoms with Gasteiger partial charge in [-0.05, 0) is 6.92 Å². The second-order valence-electron chi connectivity index (χ2n) is 1.55. The smallest absolute Gasteiger partial charge is 0.217 e. The van der Waals surface area contributed by atoms with Crippen molar-refractivity contribution in [2.75, 3.05) is 0 Å². The first-order valence-corrected chi connectivity index (χ1v) is 3.69. The van der Waals surface area contributed by atoms with Crippen LogP contribution in [0.3, 0.4) is 0 Å². The minimum atomic E-state index is -3.96. The summed E-state index contributed by atoms with van der Waals surface area (Å²) in [6.45, 7) is 0.949. The standard InChI is InChI=1S/C3H7NO4S/c1-2(3(5)6)9(4,7)8/h2H,1H3,(H,5,6)(H2,4,7,8)/p-1. The van der Waals surface area contributed by atoms with E-state index in [1.165, 1.54) is 0 Å². The van der Waals surface area contributed by atoms with Crippen LogP contribution in [-0.4, -0.2) is 19.6 Å². The molecule has 0 aliphatic rings. The number of aliphatic carboxylic acids is 1. The van der Waals surface area contributed by atoms with E-state index in [0.717, 1.165) is 6.92 Å². The van der Waals surface area contributed by atoms with Gasteiger partial charge in [-0.3, -0.25) is 0 Å². The third kappa shape index (κ3) is 2.43. The van der Waals surface area contributed by atoms with Gasteiger partial charge in [0, 0.05) is 0 Å². The molecule has 9 heavy (non-hydrogen) atoms. The molecule has 54 valence electrons. The van der Waals surface area contributed by atoms with Crippen molar-refractivity contribution in [2.24, 2.45) is 5.14 Å². The quantitative estimate of drug-likeness (QED) is 0.469. The van der Waals surface area contributed by atoms with Crippen LogP contribution >= 0.6 is 0 Å². The summed E-state index contributed by atoms with van der Waals surface area (Å²) in [5.74, 6) is -1.68. The summed E-state index contributed by atoms with van der Waals surface area (Å²) >= 11 is 0. The molecule has 0 radical (unpaired) electrons. The summed E-state index contributed by atoms with van der Waals surface area (Å²) in [6, 6.07) is 0. The molecule has 0 spiro atoms. The van der Waals surface area contributed by atoms with Gasteiger partial charge in [0.05, 0.1) is 5.97 Å². The highest BCUT2D eigenvalue weighted by Gasteiger charge is 2.15. The molecule has 0 heterocycles. The van der Waals surface area contributed by atoms with Crippen molar-refractivity contribution in [1.29, 1.82) is 0 Å². The topological polar surface area (TPSA) is 100 Å². The van der Waals surface area contributed by atoms with Crippen molar-refractivity contribution in [3.05, 3.63) is 0 Å². The number of rotatable bonds is 2. The molecule has 6 heteroatoms. The largest absolute Gasteiger partial charge is 0.549 e. The normalized spacial score (nSPS) is 14.9. The number of sulfonamides is 1. The molecule has 0 saturated heterocycles. The van der Waals surface area contributed by atoms with E-state index in [4.69, 9.17) is 0 Å². The molecule has 2 N–H and O–H groups in total. The van der Waals surface area contributed by atoms with Crippen molar-refractivity contribution in [2.45, 2.75) is 12.2 Å². The van der Waals surface area contributed by atoms with E-state index in [1.807, 2.05) is 0 Å². The van der Waals surface area contributed by atoms with Crippen molar-refractivity contribution in [3.63, 3.8) is 0 Å². The van der Waals surface area contributed by atoms with Crippen LogP contribution in [0, 0.1) is 0 Å². The summed E-state index contributed by atoms with van der Waals surface area (Å²) in [5, 5.41) is 12.6. The third-order valence-corrected chi connectivity index (χ3v) is 2.00. The predicted molar refractivity (Wildman–Crippen MR) is 27.6 cm³/mol. The van der Waals surface area contributed by atoms with Crippen LogP contribution < -0.4 is 10.2 Å². The first-order chi connectivity index (χ1) is 3.85. The Kier molecular flexibility index (Phi) is 2.16. The van der Waals surface area contributed by atoms with Gasteiger partial charge in [-0.25, -0.2) is 13.6 Å². The summed E-state index contributed by atoms with van der Waals surface area (Å²) in [6.07, 6.45) is 0. The predicted octanol–water partition coefficient (Wildman–Crippen LogP) is -2.59. The zero-order chi connectivity index (χ0) is 7.65. The molecule has 1 atom stereocenters. The number of hydrogen-bond acceptors (Lipinski definition) is 4. The molecular weight excluding hydrogens is 146 g/mol. The molecule has 0 aliphatic carbocycles. The van der Waals surface area contributed by atoms with Gasteiger partial charge in [0.2, 0.25) is 10.0 Å². The number of primary sulfonamides is 1. The van der Waals surface area contributed by atoms with Crippen LogP contribution in [0.1, 0.15) is 6.92 Å². The first-order valence-electron chi connectivity index (χ1n) is 2.08. The minimum absolute atomic E-state index is 0.949. The molecule has 0 aromatic rings. The monoisotopic (exact) mass is 152 g/mol.